The van der Waals surface area contributed by atoms with Crippen LogP contribution < -0.4 is 5.32 Å². The molecule has 0 fully saturated rings. The Hall–Kier alpha value is -1.40. The van der Waals surface area contributed by atoms with Gasteiger partial charge < -0.3 is 14.8 Å². The quantitative estimate of drug-likeness (QED) is 0.624. The molecule has 0 saturated carbocycles. The van der Waals surface area contributed by atoms with Crippen LogP contribution in [0.4, 0.5) is 5.69 Å². The van der Waals surface area contributed by atoms with E-state index in [4.69, 9.17) is 4.74 Å². The van der Waals surface area contributed by atoms with Crippen LogP contribution in [0.5, 0.6) is 0 Å². The minimum absolute atomic E-state index is 0.179. The van der Waals surface area contributed by atoms with Crippen LogP contribution in [-0.2, 0) is 14.3 Å². The maximum atomic E-state index is 11.5. The minimum Gasteiger partial charge on any atom is -0.465 e. The van der Waals surface area contributed by atoms with Gasteiger partial charge in [-0.15, -0.1) is 11.3 Å². The van der Waals surface area contributed by atoms with E-state index >= 15 is 0 Å². The molecule has 1 aromatic heterocycles. The highest BCUT2D eigenvalue weighted by atomic mass is 32.1. The Morgan fingerprint density at radius 1 is 1.47 bits per heavy atom. The van der Waals surface area contributed by atoms with Gasteiger partial charge in [0.15, 0.2) is 0 Å². The average Bonchev–Trinajstić information content (AvgIpc) is 2.76. The summed E-state index contributed by atoms with van der Waals surface area (Å²) < 4.78 is 9.68. The van der Waals surface area contributed by atoms with Crippen LogP contribution in [0.15, 0.2) is 11.4 Å². The maximum absolute atomic E-state index is 11.5. The Morgan fingerprint density at radius 2 is 2.24 bits per heavy atom. The fraction of sp³-hybridized carbons (Fsp3) is 0.455. The molecule has 0 atom stereocenters. The number of esters is 1. The Balaban J connectivity index is 2.53. The van der Waals surface area contributed by atoms with Gasteiger partial charge in [-0.3, -0.25) is 4.79 Å². The lowest BCUT2D eigenvalue weighted by atomic mass is 10.3. The van der Waals surface area contributed by atoms with E-state index < -0.39 is 5.97 Å². The predicted octanol–water partition coefficient (Wildman–Crippen LogP) is 1.90. The number of amides is 1. The number of carbonyl (C=O) groups is 2. The van der Waals surface area contributed by atoms with E-state index in [0.717, 1.165) is 0 Å². The van der Waals surface area contributed by atoms with E-state index in [2.05, 4.69) is 10.1 Å². The molecule has 0 aliphatic rings. The highest BCUT2D eigenvalue weighted by molar-refractivity contribution is 7.12. The number of ether oxygens (including phenoxy) is 2. The van der Waals surface area contributed by atoms with Crippen LogP contribution >= 0.6 is 11.3 Å². The molecule has 0 aliphatic carbocycles. The molecule has 0 unspecified atom stereocenters. The van der Waals surface area contributed by atoms with Crippen molar-refractivity contribution in [1.82, 2.24) is 0 Å². The lowest BCUT2D eigenvalue weighted by molar-refractivity contribution is -0.117. The van der Waals surface area contributed by atoms with Crippen molar-refractivity contribution in [3.8, 4) is 0 Å². The highest BCUT2D eigenvalue weighted by Crippen LogP contribution is 2.23. The second-order valence-electron chi connectivity index (χ2n) is 3.15. The van der Waals surface area contributed by atoms with Crippen molar-refractivity contribution in [3.63, 3.8) is 0 Å². The molecule has 0 saturated heterocycles. The van der Waals surface area contributed by atoms with Gasteiger partial charge in [0.1, 0.15) is 4.88 Å². The molecule has 0 aliphatic heterocycles. The molecule has 0 aromatic carbocycles. The molecular weight excluding hydrogens is 242 g/mol. The zero-order valence-corrected chi connectivity index (χ0v) is 10.6. The first kappa shape index (κ1) is 13.7. The van der Waals surface area contributed by atoms with Crippen LogP contribution in [0.2, 0.25) is 0 Å². The van der Waals surface area contributed by atoms with Crippen LogP contribution in [0, 0.1) is 0 Å². The van der Waals surface area contributed by atoms with Gasteiger partial charge in [0.25, 0.3) is 0 Å². The van der Waals surface area contributed by atoms with Crippen molar-refractivity contribution in [1.29, 1.82) is 0 Å². The van der Waals surface area contributed by atoms with Crippen LogP contribution in [-0.4, -0.2) is 32.2 Å². The van der Waals surface area contributed by atoms with Crippen molar-refractivity contribution in [3.05, 3.63) is 16.3 Å². The molecule has 1 N–H and O–H groups in total. The molecule has 1 rings (SSSR count). The molecule has 0 bridgehead atoms. The second-order valence-corrected chi connectivity index (χ2v) is 4.07. The summed E-state index contributed by atoms with van der Waals surface area (Å²) in [7, 11) is 1.31. The number of hydrogen-bond acceptors (Lipinski definition) is 5. The summed E-state index contributed by atoms with van der Waals surface area (Å²) in [6.45, 7) is 2.82. The van der Waals surface area contributed by atoms with E-state index in [1.165, 1.54) is 18.4 Å². The number of carbonyl (C=O) groups excluding carboxylic acids is 2. The molecule has 17 heavy (non-hydrogen) atoms. The standard InChI is InChI=1S/C11H15NO4S/c1-3-16-6-4-9(13)12-8-5-7-17-10(8)11(14)15-2/h5,7H,3-4,6H2,1-2H3,(H,12,13). The van der Waals surface area contributed by atoms with Gasteiger partial charge in [-0.2, -0.15) is 0 Å². The highest BCUT2D eigenvalue weighted by Gasteiger charge is 2.15. The SMILES string of the molecule is CCOCCC(=O)Nc1ccsc1C(=O)OC. The fourth-order valence-electron chi connectivity index (χ4n) is 1.18. The minimum atomic E-state index is -0.444. The van der Waals surface area contributed by atoms with Gasteiger partial charge in [0, 0.05) is 6.61 Å². The molecule has 0 spiro atoms. The van der Waals surface area contributed by atoms with Crippen molar-refractivity contribution >= 4 is 28.9 Å². The Kier molecular flexibility index (Phi) is 5.65. The average molecular weight is 257 g/mol. The van der Waals surface area contributed by atoms with Gasteiger partial charge in [0.2, 0.25) is 5.91 Å². The van der Waals surface area contributed by atoms with Gasteiger partial charge in [0.05, 0.1) is 25.8 Å². The normalized spacial score (nSPS) is 10.0. The van der Waals surface area contributed by atoms with Crippen LogP contribution in [0.1, 0.15) is 23.0 Å². The summed E-state index contributed by atoms with van der Waals surface area (Å²) in [5, 5.41) is 4.38. The molecular formula is C11H15NO4S. The molecule has 1 amide bonds. The second kappa shape index (κ2) is 7.03. The third-order valence-electron chi connectivity index (χ3n) is 1.99. The monoisotopic (exact) mass is 257 g/mol. The van der Waals surface area contributed by atoms with E-state index in [0.29, 0.717) is 23.8 Å². The molecule has 94 valence electrons. The van der Waals surface area contributed by atoms with Crippen LogP contribution in [0.3, 0.4) is 0 Å². The topological polar surface area (TPSA) is 64.6 Å². The van der Waals surface area contributed by atoms with Gasteiger partial charge in [-0.25, -0.2) is 4.79 Å². The number of anilines is 1. The number of thiophene rings is 1. The van der Waals surface area contributed by atoms with E-state index in [1.54, 1.807) is 11.4 Å². The summed E-state index contributed by atoms with van der Waals surface area (Å²) >= 11 is 1.23. The Bertz CT molecular complexity index is 389. The maximum Gasteiger partial charge on any atom is 0.350 e. The van der Waals surface area contributed by atoms with Gasteiger partial charge in [-0.1, -0.05) is 0 Å². The number of hydrogen-bond donors (Lipinski definition) is 1. The Labute approximate surface area is 104 Å². The summed E-state index contributed by atoms with van der Waals surface area (Å²) in [5.74, 6) is -0.623. The number of methoxy groups -OCH3 is 1. The predicted molar refractivity (Wildman–Crippen MR) is 65.4 cm³/mol. The van der Waals surface area contributed by atoms with Gasteiger partial charge in [-0.05, 0) is 18.4 Å². The molecule has 1 heterocycles. The summed E-state index contributed by atoms with van der Waals surface area (Å²) in [5.41, 5.74) is 0.489. The zero-order valence-electron chi connectivity index (χ0n) is 9.82. The first-order valence-corrected chi connectivity index (χ1v) is 6.10. The van der Waals surface area contributed by atoms with E-state index in [1.807, 2.05) is 6.92 Å². The van der Waals surface area contributed by atoms with Crippen molar-refractivity contribution in [2.45, 2.75) is 13.3 Å². The van der Waals surface area contributed by atoms with Gasteiger partial charge >= 0.3 is 5.97 Å². The lowest BCUT2D eigenvalue weighted by Crippen LogP contribution is -2.15. The summed E-state index contributed by atoms with van der Waals surface area (Å²) in [6.07, 6.45) is 0.268. The van der Waals surface area contributed by atoms with E-state index in [-0.39, 0.29) is 12.3 Å². The summed E-state index contributed by atoms with van der Waals surface area (Å²) in [4.78, 5) is 23.3. The zero-order chi connectivity index (χ0) is 12.7. The fourth-order valence-corrected chi connectivity index (χ4v) is 1.95. The smallest absolute Gasteiger partial charge is 0.350 e. The van der Waals surface area contributed by atoms with Crippen LogP contribution in [0.25, 0.3) is 0 Å². The molecule has 0 radical (unpaired) electrons. The Morgan fingerprint density at radius 3 is 2.88 bits per heavy atom. The lowest BCUT2D eigenvalue weighted by Gasteiger charge is -2.05. The molecule has 5 nitrogen and oxygen atoms in total. The number of rotatable bonds is 6. The largest absolute Gasteiger partial charge is 0.465 e. The number of nitrogens with one attached hydrogen (secondary N) is 1. The van der Waals surface area contributed by atoms with Crippen molar-refractivity contribution < 1.29 is 19.1 Å². The molecule has 6 heteroatoms. The van der Waals surface area contributed by atoms with Crippen molar-refractivity contribution in [2.24, 2.45) is 0 Å². The first-order chi connectivity index (χ1) is 8.19. The first-order valence-electron chi connectivity index (χ1n) is 5.22. The summed E-state index contributed by atoms with van der Waals surface area (Å²) in [6, 6.07) is 1.68. The van der Waals surface area contributed by atoms with Crippen molar-refractivity contribution in [2.75, 3.05) is 25.6 Å². The molecule has 1 aromatic rings. The van der Waals surface area contributed by atoms with E-state index in [9.17, 15) is 9.59 Å². The third kappa shape index (κ3) is 4.16. The third-order valence-corrected chi connectivity index (χ3v) is 2.88.